The molecule has 0 aromatic rings. The van der Waals surface area contributed by atoms with E-state index in [0.29, 0.717) is 6.04 Å². The smallest absolute Gasteiger partial charge is 0.168 e. The highest BCUT2D eigenvalue weighted by Crippen LogP contribution is 2.17. The SMILES string of the molecule is CCCNC(=S)N(C)CC1CCCN1CC. The summed E-state index contributed by atoms with van der Waals surface area (Å²) >= 11 is 5.35. The van der Waals surface area contributed by atoms with E-state index in [0.717, 1.165) is 31.2 Å². The number of hydrogen-bond acceptors (Lipinski definition) is 2. The summed E-state index contributed by atoms with van der Waals surface area (Å²) in [7, 11) is 2.09. The van der Waals surface area contributed by atoms with Gasteiger partial charge in [0, 0.05) is 26.2 Å². The zero-order valence-corrected chi connectivity index (χ0v) is 11.6. The molecule has 1 aliphatic rings. The molecule has 3 nitrogen and oxygen atoms in total. The van der Waals surface area contributed by atoms with Crippen LogP contribution in [-0.4, -0.2) is 54.2 Å². The molecule has 0 aromatic carbocycles. The van der Waals surface area contributed by atoms with Gasteiger partial charge in [-0.25, -0.2) is 0 Å². The lowest BCUT2D eigenvalue weighted by Crippen LogP contribution is -2.45. The van der Waals surface area contributed by atoms with Crippen LogP contribution in [0, 0.1) is 0 Å². The van der Waals surface area contributed by atoms with Crippen LogP contribution in [-0.2, 0) is 0 Å². The fourth-order valence-corrected chi connectivity index (χ4v) is 2.46. The molecule has 0 spiro atoms. The van der Waals surface area contributed by atoms with E-state index in [9.17, 15) is 0 Å². The molecule has 0 aromatic heterocycles. The molecule has 1 aliphatic heterocycles. The lowest BCUT2D eigenvalue weighted by Gasteiger charge is -2.29. The number of likely N-dealkylation sites (N-methyl/N-ethyl adjacent to an activating group) is 2. The average Bonchev–Trinajstić information content (AvgIpc) is 2.72. The molecule has 0 amide bonds. The molecule has 1 N–H and O–H groups in total. The lowest BCUT2D eigenvalue weighted by atomic mass is 10.2. The molecular formula is C12H25N3S. The van der Waals surface area contributed by atoms with Crippen molar-refractivity contribution in [2.75, 3.05) is 33.2 Å². The molecule has 0 aliphatic carbocycles. The topological polar surface area (TPSA) is 18.5 Å². The van der Waals surface area contributed by atoms with Crippen LogP contribution in [0.25, 0.3) is 0 Å². The Bertz CT molecular complexity index is 220. The van der Waals surface area contributed by atoms with E-state index >= 15 is 0 Å². The normalized spacial score (nSPS) is 21.1. The fraction of sp³-hybridized carbons (Fsp3) is 0.917. The highest BCUT2D eigenvalue weighted by molar-refractivity contribution is 7.80. The van der Waals surface area contributed by atoms with Crippen molar-refractivity contribution < 1.29 is 0 Å². The second-order valence-electron chi connectivity index (χ2n) is 4.54. The Morgan fingerprint density at radius 1 is 1.50 bits per heavy atom. The third kappa shape index (κ3) is 3.91. The summed E-state index contributed by atoms with van der Waals surface area (Å²) < 4.78 is 0. The first-order chi connectivity index (χ1) is 7.69. The Balaban J connectivity index is 2.32. The monoisotopic (exact) mass is 243 g/mol. The highest BCUT2D eigenvalue weighted by Gasteiger charge is 2.24. The molecule has 0 radical (unpaired) electrons. The number of hydrogen-bond donors (Lipinski definition) is 1. The van der Waals surface area contributed by atoms with Gasteiger partial charge in [-0.2, -0.15) is 0 Å². The van der Waals surface area contributed by atoms with Gasteiger partial charge in [0.05, 0.1) is 0 Å². The van der Waals surface area contributed by atoms with Crippen LogP contribution < -0.4 is 5.32 Å². The Kier molecular flexibility index (Phi) is 6.06. The van der Waals surface area contributed by atoms with Crippen molar-refractivity contribution in [2.45, 2.75) is 39.2 Å². The number of rotatable bonds is 5. The van der Waals surface area contributed by atoms with Crippen molar-refractivity contribution in [2.24, 2.45) is 0 Å². The summed E-state index contributed by atoms with van der Waals surface area (Å²) in [5.41, 5.74) is 0. The van der Waals surface area contributed by atoms with Crippen LogP contribution >= 0.6 is 12.2 Å². The van der Waals surface area contributed by atoms with Gasteiger partial charge < -0.3 is 10.2 Å². The summed E-state index contributed by atoms with van der Waals surface area (Å²) in [5, 5.41) is 4.17. The first-order valence-corrected chi connectivity index (χ1v) is 6.82. The molecule has 0 bridgehead atoms. The van der Waals surface area contributed by atoms with Crippen molar-refractivity contribution >= 4 is 17.3 Å². The van der Waals surface area contributed by atoms with Gasteiger partial charge in [0.15, 0.2) is 5.11 Å². The van der Waals surface area contributed by atoms with Crippen molar-refractivity contribution in [1.82, 2.24) is 15.1 Å². The Morgan fingerprint density at radius 3 is 2.88 bits per heavy atom. The number of nitrogens with one attached hydrogen (secondary N) is 1. The predicted molar refractivity (Wildman–Crippen MR) is 73.8 cm³/mol. The molecule has 1 unspecified atom stereocenters. The van der Waals surface area contributed by atoms with Gasteiger partial charge in [-0.3, -0.25) is 4.90 Å². The Labute approximate surface area is 105 Å². The van der Waals surface area contributed by atoms with Gasteiger partial charge in [0.1, 0.15) is 0 Å². The van der Waals surface area contributed by atoms with E-state index in [-0.39, 0.29) is 0 Å². The second-order valence-corrected chi connectivity index (χ2v) is 4.92. The van der Waals surface area contributed by atoms with Gasteiger partial charge in [-0.05, 0) is 44.6 Å². The number of thiocarbonyl (C=S) groups is 1. The third-order valence-electron chi connectivity index (χ3n) is 3.26. The molecule has 1 saturated heterocycles. The van der Waals surface area contributed by atoms with Crippen LogP contribution in [0.2, 0.25) is 0 Å². The van der Waals surface area contributed by atoms with Crippen LogP contribution in [0.1, 0.15) is 33.1 Å². The maximum atomic E-state index is 5.35. The average molecular weight is 243 g/mol. The molecule has 94 valence electrons. The predicted octanol–water partition coefficient (Wildman–Crippen LogP) is 1.69. The summed E-state index contributed by atoms with van der Waals surface area (Å²) in [6.45, 7) is 8.85. The van der Waals surface area contributed by atoms with Crippen molar-refractivity contribution in [3.05, 3.63) is 0 Å². The molecule has 16 heavy (non-hydrogen) atoms. The van der Waals surface area contributed by atoms with E-state index in [1.165, 1.54) is 19.4 Å². The number of likely N-dealkylation sites (tertiary alicyclic amines) is 1. The third-order valence-corrected chi connectivity index (χ3v) is 3.72. The summed E-state index contributed by atoms with van der Waals surface area (Å²) in [5.74, 6) is 0. The Hall–Kier alpha value is -0.350. The Morgan fingerprint density at radius 2 is 2.25 bits per heavy atom. The molecule has 1 rings (SSSR count). The van der Waals surface area contributed by atoms with Crippen LogP contribution in [0.5, 0.6) is 0 Å². The fourth-order valence-electron chi connectivity index (χ4n) is 2.28. The van der Waals surface area contributed by atoms with Crippen molar-refractivity contribution in [3.63, 3.8) is 0 Å². The molecule has 1 heterocycles. The van der Waals surface area contributed by atoms with E-state index in [2.05, 4.69) is 36.0 Å². The van der Waals surface area contributed by atoms with Gasteiger partial charge in [-0.1, -0.05) is 13.8 Å². The van der Waals surface area contributed by atoms with Gasteiger partial charge in [0.2, 0.25) is 0 Å². The number of nitrogens with zero attached hydrogens (tertiary/aromatic N) is 2. The van der Waals surface area contributed by atoms with Crippen molar-refractivity contribution in [1.29, 1.82) is 0 Å². The lowest BCUT2D eigenvalue weighted by molar-refractivity contribution is 0.234. The van der Waals surface area contributed by atoms with Crippen molar-refractivity contribution in [3.8, 4) is 0 Å². The van der Waals surface area contributed by atoms with Gasteiger partial charge in [-0.15, -0.1) is 0 Å². The zero-order chi connectivity index (χ0) is 12.0. The molecular weight excluding hydrogens is 218 g/mol. The molecule has 0 saturated carbocycles. The quantitative estimate of drug-likeness (QED) is 0.740. The minimum atomic E-state index is 0.691. The maximum absolute atomic E-state index is 5.35. The van der Waals surface area contributed by atoms with Gasteiger partial charge in [0.25, 0.3) is 0 Å². The standard InChI is InChI=1S/C12H25N3S/c1-4-8-13-12(16)14(3)10-11-7-6-9-15(11)5-2/h11H,4-10H2,1-3H3,(H,13,16). The van der Waals surface area contributed by atoms with E-state index in [1.807, 2.05) is 0 Å². The minimum Gasteiger partial charge on any atom is -0.363 e. The molecule has 4 heteroatoms. The summed E-state index contributed by atoms with van der Waals surface area (Å²) in [6.07, 6.45) is 3.77. The minimum absolute atomic E-state index is 0.691. The summed E-state index contributed by atoms with van der Waals surface area (Å²) in [6, 6.07) is 0.691. The first-order valence-electron chi connectivity index (χ1n) is 6.42. The van der Waals surface area contributed by atoms with Crippen LogP contribution in [0.3, 0.4) is 0 Å². The van der Waals surface area contributed by atoms with Crippen LogP contribution in [0.15, 0.2) is 0 Å². The first kappa shape index (κ1) is 13.7. The second kappa shape index (κ2) is 7.07. The van der Waals surface area contributed by atoms with E-state index < -0.39 is 0 Å². The molecule has 1 fully saturated rings. The van der Waals surface area contributed by atoms with E-state index in [1.54, 1.807) is 0 Å². The summed E-state index contributed by atoms with van der Waals surface area (Å²) in [4.78, 5) is 4.74. The largest absolute Gasteiger partial charge is 0.363 e. The van der Waals surface area contributed by atoms with E-state index in [4.69, 9.17) is 12.2 Å². The highest BCUT2D eigenvalue weighted by atomic mass is 32.1. The van der Waals surface area contributed by atoms with Gasteiger partial charge >= 0.3 is 0 Å². The van der Waals surface area contributed by atoms with Crippen LogP contribution in [0.4, 0.5) is 0 Å². The maximum Gasteiger partial charge on any atom is 0.168 e. The molecule has 1 atom stereocenters. The zero-order valence-electron chi connectivity index (χ0n) is 10.8.